The molecule has 1 rings (SSSR count). The molecule has 1 aromatic rings. The highest BCUT2D eigenvalue weighted by atomic mass is 32.2. The Morgan fingerprint density at radius 2 is 1.94 bits per heavy atom. The molecule has 0 spiro atoms. The molecule has 2 nitrogen and oxygen atoms in total. The zero-order valence-electron chi connectivity index (χ0n) is 11.3. The number of methoxy groups -OCH3 is 1. The minimum Gasteiger partial charge on any atom is -0.383 e. The molecular weight excluding hydrogens is 262 g/mol. The van der Waals surface area contributed by atoms with Crippen molar-refractivity contribution in [3.05, 3.63) is 29.8 Å². The van der Waals surface area contributed by atoms with E-state index in [9.17, 15) is 0 Å². The van der Waals surface area contributed by atoms with Crippen molar-refractivity contribution in [2.24, 2.45) is 0 Å². The fourth-order valence-electron chi connectivity index (χ4n) is 1.50. The molecule has 0 fully saturated rings. The van der Waals surface area contributed by atoms with Gasteiger partial charge in [-0.25, -0.2) is 0 Å². The maximum Gasteiger partial charge on any atom is 0.0587 e. The van der Waals surface area contributed by atoms with E-state index < -0.39 is 0 Å². The summed E-state index contributed by atoms with van der Waals surface area (Å²) in [7, 11) is 1.73. The molecule has 102 valence electrons. The van der Waals surface area contributed by atoms with E-state index in [-0.39, 0.29) is 0 Å². The highest BCUT2D eigenvalue weighted by Crippen LogP contribution is 2.19. The first-order chi connectivity index (χ1) is 8.86. The van der Waals surface area contributed by atoms with Gasteiger partial charge in [0.15, 0.2) is 0 Å². The second kappa shape index (κ2) is 10.7. The number of nitrogens with one attached hydrogen (secondary N) is 1. The van der Waals surface area contributed by atoms with E-state index in [4.69, 9.17) is 4.74 Å². The van der Waals surface area contributed by atoms with Gasteiger partial charge in [0.05, 0.1) is 6.61 Å². The fraction of sp³-hybridized carbons (Fsp3) is 0.571. The minimum absolute atomic E-state index is 0.767. The van der Waals surface area contributed by atoms with Crippen LogP contribution in [0, 0.1) is 0 Å². The lowest BCUT2D eigenvalue weighted by Gasteiger charge is -2.06. The lowest BCUT2D eigenvalue weighted by molar-refractivity contribution is 0.199. The molecule has 0 atom stereocenters. The first kappa shape index (κ1) is 15.9. The maximum atomic E-state index is 5.00. The van der Waals surface area contributed by atoms with Crippen LogP contribution in [0.3, 0.4) is 0 Å². The van der Waals surface area contributed by atoms with E-state index in [1.54, 1.807) is 7.11 Å². The summed E-state index contributed by atoms with van der Waals surface area (Å²) >= 11 is 3.87. The fourth-order valence-corrected chi connectivity index (χ4v) is 2.97. The molecule has 0 unspecified atom stereocenters. The number of benzene rings is 1. The monoisotopic (exact) mass is 285 g/mol. The molecule has 4 heteroatoms. The van der Waals surface area contributed by atoms with Crippen molar-refractivity contribution in [1.82, 2.24) is 5.32 Å². The summed E-state index contributed by atoms with van der Waals surface area (Å²) in [5.74, 6) is 2.47. The molecule has 1 aromatic carbocycles. The highest BCUT2D eigenvalue weighted by molar-refractivity contribution is 7.99. The van der Waals surface area contributed by atoms with Crippen LogP contribution in [0.25, 0.3) is 0 Å². The van der Waals surface area contributed by atoms with E-state index in [0.29, 0.717) is 0 Å². The van der Waals surface area contributed by atoms with Crippen molar-refractivity contribution in [2.45, 2.75) is 17.9 Å². The van der Waals surface area contributed by atoms with Crippen molar-refractivity contribution in [1.29, 1.82) is 0 Å². The summed E-state index contributed by atoms with van der Waals surface area (Å²) in [6.07, 6.45) is 3.45. The van der Waals surface area contributed by atoms with Gasteiger partial charge < -0.3 is 10.1 Å². The lowest BCUT2D eigenvalue weighted by atomic mass is 10.2. The largest absolute Gasteiger partial charge is 0.383 e. The van der Waals surface area contributed by atoms with Crippen molar-refractivity contribution in [2.75, 3.05) is 38.0 Å². The standard InChI is InChI=1S/C14H23NOS2/c1-16-9-8-15-12-13-4-6-14(7-5-13)18-11-3-10-17-2/h4-7,15H,3,8-12H2,1-2H3. The Morgan fingerprint density at radius 3 is 2.61 bits per heavy atom. The molecular formula is C14H23NOS2. The van der Waals surface area contributed by atoms with Gasteiger partial charge in [0.1, 0.15) is 0 Å². The molecule has 0 bridgehead atoms. The van der Waals surface area contributed by atoms with Gasteiger partial charge >= 0.3 is 0 Å². The van der Waals surface area contributed by atoms with Gasteiger partial charge in [0.2, 0.25) is 0 Å². The van der Waals surface area contributed by atoms with Crippen LogP contribution in [0.5, 0.6) is 0 Å². The second-order valence-electron chi connectivity index (χ2n) is 4.01. The predicted molar refractivity (Wildman–Crippen MR) is 83.7 cm³/mol. The van der Waals surface area contributed by atoms with Gasteiger partial charge in [0.25, 0.3) is 0 Å². The topological polar surface area (TPSA) is 21.3 Å². The van der Waals surface area contributed by atoms with Crippen molar-refractivity contribution in [3.8, 4) is 0 Å². The smallest absolute Gasteiger partial charge is 0.0587 e. The minimum atomic E-state index is 0.767. The Morgan fingerprint density at radius 1 is 1.17 bits per heavy atom. The molecule has 0 heterocycles. The SMILES string of the molecule is COCCNCc1ccc(SCCCSC)cc1. The van der Waals surface area contributed by atoms with Gasteiger partial charge in [-0.1, -0.05) is 12.1 Å². The van der Waals surface area contributed by atoms with E-state index >= 15 is 0 Å². The summed E-state index contributed by atoms with van der Waals surface area (Å²) < 4.78 is 5.00. The average molecular weight is 285 g/mol. The molecule has 1 N–H and O–H groups in total. The maximum absolute atomic E-state index is 5.00. The Labute approximate surface area is 119 Å². The number of hydrogen-bond acceptors (Lipinski definition) is 4. The molecule has 0 aliphatic heterocycles. The molecule has 0 radical (unpaired) electrons. The van der Waals surface area contributed by atoms with Gasteiger partial charge in [-0.2, -0.15) is 11.8 Å². The van der Waals surface area contributed by atoms with Gasteiger partial charge in [-0.3, -0.25) is 0 Å². The van der Waals surface area contributed by atoms with Crippen molar-refractivity contribution >= 4 is 23.5 Å². The Balaban J connectivity index is 2.20. The van der Waals surface area contributed by atoms with Crippen LogP contribution >= 0.6 is 23.5 Å². The van der Waals surface area contributed by atoms with Crippen LogP contribution < -0.4 is 5.32 Å². The van der Waals surface area contributed by atoms with Gasteiger partial charge in [0, 0.05) is 25.1 Å². The van der Waals surface area contributed by atoms with Crippen LogP contribution in [0.2, 0.25) is 0 Å². The van der Waals surface area contributed by atoms with Crippen LogP contribution in [-0.4, -0.2) is 38.0 Å². The predicted octanol–water partition coefficient (Wildman–Crippen LogP) is 3.27. The number of thioether (sulfide) groups is 2. The average Bonchev–Trinajstić information content (AvgIpc) is 2.41. The lowest BCUT2D eigenvalue weighted by Crippen LogP contribution is -2.18. The van der Waals surface area contributed by atoms with Crippen LogP contribution in [-0.2, 0) is 11.3 Å². The van der Waals surface area contributed by atoms with Gasteiger partial charge in [-0.15, -0.1) is 11.8 Å². The summed E-state index contributed by atoms with van der Waals surface area (Å²) in [4.78, 5) is 1.37. The number of hydrogen-bond donors (Lipinski definition) is 1. The third-order valence-electron chi connectivity index (χ3n) is 2.50. The summed E-state index contributed by atoms with van der Waals surface area (Å²) in [5.41, 5.74) is 1.33. The molecule has 0 amide bonds. The Kier molecular flexibility index (Phi) is 9.48. The van der Waals surface area contributed by atoms with Gasteiger partial charge in [-0.05, 0) is 41.9 Å². The Bertz CT molecular complexity index is 272. The van der Waals surface area contributed by atoms with E-state index in [1.165, 1.54) is 28.4 Å². The zero-order valence-corrected chi connectivity index (χ0v) is 12.9. The van der Waals surface area contributed by atoms with Crippen molar-refractivity contribution < 1.29 is 4.74 Å². The third-order valence-corrected chi connectivity index (χ3v) is 4.29. The zero-order chi connectivity index (χ0) is 13.1. The van der Waals surface area contributed by atoms with E-state index in [1.807, 2.05) is 23.5 Å². The first-order valence-electron chi connectivity index (χ1n) is 6.27. The van der Waals surface area contributed by atoms with Crippen LogP contribution in [0.1, 0.15) is 12.0 Å². The van der Waals surface area contributed by atoms with E-state index in [0.717, 1.165) is 19.7 Å². The normalized spacial score (nSPS) is 10.8. The molecule has 0 aromatic heterocycles. The number of rotatable bonds is 10. The molecule has 0 aliphatic rings. The third kappa shape index (κ3) is 7.31. The molecule has 0 saturated heterocycles. The molecule has 18 heavy (non-hydrogen) atoms. The quantitative estimate of drug-likeness (QED) is 0.526. The second-order valence-corrected chi connectivity index (χ2v) is 6.16. The van der Waals surface area contributed by atoms with E-state index in [2.05, 4.69) is 35.8 Å². The van der Waals surface area contributed by atoms with Crippen molar-refractivity contribution in [3.63, 3.8) is 0 Å². The molecule has 0 saturated carbocycles. The first-order valence-corrected chi connectivity index (χ1v) is 8.65. The summed E-state index contributed by atoms with van der Waals surface area (Å²) in [6, 6.07) is 8.85. The van der Waals surface area contributed by atoms with Crippen LogP contribution in [0.15, 0.2) is 29.2 Å². The summed E-state index contributed by atoms with van der Waals surface area (Å²) in [6.45, 7) is 2.59. The van der Waals surface area contributed by atoms with Crippen LogP contribution in [0.4, 0.5) is 0 Å². The summed E-state index contributed by atoms with van der Waals surface area (Å²) in [5, 5.41) is 3.35. The number of ether oxygens (including phenoxy) is 1. The molecule has 0 aliphatic carbocycles. The Hall–Kier alpha value is -0.160. The highest BCUT2D eigenvalue weighted by Gasteiger charge is 1.96.